The number of hydrogen-bond acceptors (Lipinski definition) is 2. The third-order valence-electron chi connectivity index (χ3n) is 4.06. The summed E-state index contributed by atoms with van der Waals surface area (Å²) in [4.78, 5) is 0. The molecule has 1 aliphatic rings. The first-order chi connectivity index (χ1) is 9.61. The second kappa shape index (κ2) is 7.53. The van der Waals surface area contributed by atoms with E-state index in [1.54, 1.807) is 12.1 Å². The van der Waals surface area contributed by atoms with Crippen LogP contribution in [0, 0.1) is 11.7 Å². The van der Waals surface area contributed by atoms with Gasteiger partial charge in [0.2, 0.25) is 0 Å². The molecule has 0 bridgehead atoms. The molecule has 112 valence electrons. The molecule has 3 atom stereocenters. The fourth-order valence-electron chi connectivity index (χ4n) is 2.92. The highest BCUT2D eigenvalue weighted by atomic mass is 79.9. The number of ether oxygens (including phenoxy) is 1. The van der Waals surface area contributed by atoms with Crippen LogP contribution in [-0.2, 0) is 11.2 Å². The number of hydrogen-bond donors (Lipinski definition) is 1. The van der Waals surface area contributed by atoms with Crippen molar-refractivity contribution in [1.29, 1.82) is 0 Å². The SMILES string of the molecule is CCCNC(Cc1cc(F)ccc1Br)C1CCOC1C. The van der Waals surface area contributed by atoms with Gasteiger partial charge in [0.05, 0.1) is 6.10 Å². The summed E-state index contributed by atoms with van der Waals surface area (Å²) < 4.78 is 20.1. The van der Waals surface area contributed by atoms with Gasteiger partial charge in [-0.1, -0.05) is 22.9 Å². The van der Waals surface area contributed by atoms with Crippen molar-refractivity contribution < 1.29 is 9.13 Å². The zero-order valence-corrected chi connectivity index (χ0v) is 13.7. The van der Waals surface area contributed by atoms with Crippen LogP contribution in [0.3, 0.4) is 0 Å². The van der Waals surface area contributed by atoms with Crippen LogP contribution >= 0.6 is 15.9 Å². The number of halogens is 2. The van der Waals surface area contributed by atoms with Crippen LogP contribution in [0.4, 0.5) is 4.39 Å². The Labute approximate surface area is 129 Å². The van der Waals surface area contributed by atoms with E-state index in [9.17, 15) is 4.39 Å². The van der Waals surface area contributed by atoms with Gasteiger partial charge in [-0.05, 0) is 56.5 Å². The molecular formula is C16H23BrFNO. The van der Waals surface area contributed by atoms with Crippen LogP contribution in [0.25, 0.3) is 0 Å². The van der Waals surface area contributed by atoms with E-state index in [1.165, 1.54) is 6.07 Å². The van der Waals surface area contributed by atoms with Crippen LogP contribution in [0.5, 0.6) is 0 Å². The fourth-order valence-corrected chi connectivity index (χ4v) is 3.33. The van der Waals surface area contributed by atoms with Crippen LogP contribution in [0.2, 0.25) is 0 Å². The van der Waals surface area contributed by atoms with Crippen LogP contribution in [0.15, 0.2) is 22.7 Å². The van der Waals surface area contributed by atoms with Crippen molar-refractivity contribution in [2.75, 3.05) is 13.2 Å². The fraction of sp³-hybridized carbons (Fsp3) is 0.625. The van der Waals surface area contributed by atoms with Crippen LogP contribution < -0.4 is 5.32 Å². The topological polar surface area (TPSA) is 21.3 Å². The van der Waals surface area contributed by atoms with Gasteiger partial charge in [0.25, 0.3) is 0 Å². The molecule has 0 spiro atoms. The molecule has 4 heteroatoms. The molecule has 1 aromatic carbocycles. The van der Waals surface area contributed by atoms with Crippen molar-refractivity contribution >= 4 is 15.9 Å². The Kier molecular flexibility index (Phi) is 6.00. The summed E-state index contributed by atoms with van der Waals surface area (Å²) in [5, 5.41) is 3.61. The number of benzene rings is 1. The lowest BCUT2D eigenvalue weighted by molar-refractivity contribution is 0.0953. The zero-order chi connectivity index (χ0) is 14.5. The van der Waals surface area contributed by atoms with Crippen LogP contribution in [-0.4, -0.2) is 25.3 Å². The molecular weight excluding hydrogens is 321 g/mol. The van der Waals surface area contributed by atoms with E-state index >= 15 is 0 Å². The lowest BCUT2D eigenvalue weighted by atomic mass is 9.88. The maximum atomic E-state index is 13.4. The Morgan fingerprint density at radius 1 is 1.50 bits per heavy atom. The average Bonchev–Trinajstić information content (AvgIpc) is 2.84. The van der Waals surface area contributed by atoms with E-state index in [1.807, 2.05) is 0 Å². The summed E-state index contributed by atoms with van der Waals surface area (Å²) in [7, 11) is 0. The molecule has 1 saturated heterocycles. The predicted molar refractivity (Wildman–Crippen MR) is 83.4 cm³/mol. The van der Waals surface area contributed by atoms with E-state index in [-0.39, 0.29) is 11.9 Å². The Morgan fingerprint density at radius 3 is 2.95 bits per heavy atom. The van der Waals surface area contributed by atoms with E-state index in [0.29, 0.717) is 12.0 Å². The first-order valence-electron chi connectivity index (χ1n) is 7.40. The van der Waals surface area contributed by atoms with Gasteiger partial charge in [-0.25, -0.2) is 4.39 Å². The van der Waals surface area contributed by atoms with Gasteiger partial charge in [0, 0.05) is 23.0 Å². The summed E-state index contributed by atoms with van der Waals surface area (Å²) in [6, 6.07) is 5.25. The molecule has 2 nitrogen and oxygen atoms in total. The number of rotatable bonds is 6. The van der Waals surface area contributed by atoms with Gasteiger partial charge in [-0.2, -0.15) is 0 Å². The molecule has 1 N–H and O–H groups in total. The Morgan fingerprint density at radius 2 is 2.30 bits per heavy atom. The molecule has 1 fully saturated rings. The van der Waals surface area contributed by atoms with E-state index in [4.69, 9.17) is 4.74 Å². The lowest BCUT2D eigenvalue weighted by Crippen LogP contribution is -2.41. The normalized spacial score (nSPS) is 24.0. The first kappa shape index (κ1) is 15.9. The highest BCUT2D eigenvalue weighted by Gasteiger charge is 2.31. The van der Waals surface area contributed by atoms with Crippen molar-refractivity contribution in [2.24, 2.45) is 5.92 Å². The molecule has 2 rings (SSSR count). The van der Waals surface area contributed by atoms with Gasteiger partial charge in [-0.3, -0.25) is 0 Å². The van der Waals surface area contributed by atoms with Gasteiger partial charge in [0.15, 0.2) is 0 Å². The second-order valence-corrected chi connectivity index (χ2v) is 6.38. The van der Waals surface area contributed by atoms with E-state index in [2.05, 4.69) is 35.1 Å². The summed E-state index contributed by atoms with van der Waals surface area (Å²) in [5.41, 5.74) is 1.03. The Hall–Kier alpha value is -0.450. The van der Waals surface area contributed by atoms with Gasteiger partial charge < -0.3 is 10.1 Å². The lowest BCUT2D eigenvalue weighted by Gasteiger charge is -2.27. The average molecular weight is 344 g/mol. The molecule has 0 saturated carbocycles. The zero-order valence-electron chi connectivity index (χ0n) is 12.2. The molecule has 1 heterocycles. The smallest absolute Gasteiger partial charge is 0.123 e. The van der Waals surface area contributed by atoms with Crippen molar-refractivity contribution in [3.63, 3.8) is 0 Å². The van der Waals surface area contributed by atoms with Crippen LogP contribution in [0.1, 0.15) is 32.3 Å². The standard InChI is InChI=1S/C16H23BrFNO/c1-3-7-19-16(14-6-8-20-11(14)2)10-12-9-13(18)4-5-15(12)17/h4-5,9,11,14,16,19H,3,6-8,10H2,1-2H3. The third kappa shape index (κ3) is 4.03. The minimum Gasteiger partial charge on any atom is -0.378 e. The van der Waals surface area contributed by atoms with Crippen molar-refractivity contribution in [2.45, 2.75) is 45.3 Å². The van der Waals surface area contributed by atoms with Gasteiger partial charge in [0.1, 0.15) is 5.82 Å². The molecule has 0 aromatic heterocycles. The van der Waals surface area contributed by atoms with Crippen molar-refractivity contribution in [3.05, 3.63) is 34.1 Å². The molecule has 0 amide bonds. The summed E-state index contributed by atoms with van der Waals surface area (Å²) in [5.74, 6) is 0.324. The summed E-state index contributed by atoms with van der Waals surface area (Å²) >= 11 is 3.53. The largest absolute Gasteiger partial charge is 0.378 e. The molecule has 3 unspecified atom stereocenters. The molecule has 1 aromatic rings. The minimum atomic E-state index is -0.173. The van der Waals surface area contributed by atoms with Gasteiger partial charge >= 0.3 is 0 Å². The summed E-state index contributed by atoms with van der Waals surface area (Å²) in [6.45, 7) is 6.12. The predicted octanol–water partition coefficient (Wildman–Crippen LogP) is 3.92. The molecule has 0 radical (unpaired) electrons. The Balaban J connectivity index is 2.12. The molecule has 1 aliphatic heterocycles. The maximum Gasteiger partial charge on any atom is 0.123 e. The Bertz CT molecular complexity index is 440. The minimum absolute atomic E-state index is 0.173. The first-order valence-corrected chi connectivity index (χ1v) is 8.20. The monoisotopic (exact) mass is 343 g/mol. The summed E-state index contributed by atoms with van der Waals surface area (Å²) in [6.07, 6.45) is 3.28. The molecule has 0 aliphatic carbocycles. The van der Waals surface area contributed by atoms with E-state index in [0.717, 1.165) is 42.5 Å². The third-order valence-corrected chi connectivity index (χ3v) is 4.83. The van der Waals surface area contributed by atoms with Crippen molar-refractivity contribution in [1.82, 2.24) is 5.32 Å². The number of nitrogens with one attached hydrogen (secondary N) is 1. The molecule has 20 heavy (non-hydrogen) atoms. The highest BCUT2D eigenvalue weighted by Crippen LogP contribution is 2.28. The highest BCUT2D eigenvalue weighted by molar-refractivity contribution is 9.10. The van der Waals surface area contributed by atoms with Crippen molar-refractivity contribution in [3.8, 4) is 0 Å². The maximum absolute atomic E-state index is 13.4. The van der Waals surface area contributed by atoms with E-state index < -0.39 is 0 Å². The second-order valence-electron chi connectivity index (χ2n) is 5.53. The quantitative estimate of drug-likeness (QED) is 0.845. The van der Waals surface area contributed by atoms with Gasteiger partial charge in [-0.15, -0.1) is 0 Å².